The van der Waals surface area contributed by atoms with Gasteiger partial charge in [-0.1, -0.05) is 23.9 Å². The van der Waals surface area contributed by atoms with Gasteiger partial charge >= 0.3 is 5.69 Å². The number of hydrogen-bond acceptors (Lipinski definition) is 9. The third-order valence-electron chi connectivity index (χ3n) is 5.27. The van der Waals surface area contributed by atoms with Crippen LogP contribution in [0.5, 0.6) is 11.5 Å². The highest BCUT2D eigenvalue weighted by Gasteiger charge is 2.30. The Morgan fingerprint density at radius 2 is 1.81 bits per heavy atom. The number of carbonyl (C=O) groups is 1. The zero-order valence-electron chi connectivity index (χ0n) is 17.9. The average Bonchev–Trinajstić information content (AvgIpc) is 3.15. The summed E-state index contributed by atoms with van der Waals surface area (Å²) < 4.78 is 15.4. The molecule has 0 fully saturated rings. The number of Topliss-reactive ketones (excluding diaryl/α,β-unsaturated/α-hetero) is 1. The van der Waals surface area contributed by atoms with E-state index < -0.39 is 28.4 Å². The lowest BCUT2D eigenvalue weighted by atomic mass is 10.1. The quantitative estimate of drug-likeness (QED) is 0.432. The second kappa shape index (κ2) is 8.19. The number of ketones is 1. The molecule has 12 heteroatoms. The van der Waals surface area contributed by atoms with Crippen LogP contribution < -0.4 is 26.5 Å². The predicted molar refractivity (Wildman–Crippen MR) is 117 cm³/mol. The second-order valence-electron chi connectivity index (χ2n) is 7.35. The topological polar surface area (TPSA) is 136 Å². The van der Waals surface area contributed by atoms with Crippen LogP contribution in [0, 0.1) is 0 Å². The van der Waals surface area contributed by atoms with Crippen molar-refractivity contribution in [1.29, 1.82) is 0 Å². The van der Waals surface area contributed by atoms with E-state index in [1.807, 2.05) is 24.3 Å². The number of nitrogens with two attached hydrogens (primary N) is 1. The summed E-state index contributed by atoms with van der Waals surface area (Å²) in [4.78, 5) is 37.6. The van der Waals surface area contributed by atoms with Gasteiger partial charge in [0, 0.05) is 21.1 Å². The Balaban J connectivity index is 1.56. The van der Waals surface area contributed by atoms with Gasteiger partial charge in [0.25, 0.3) is 5.56 Å². The Hall–Kier alpha value is -3.54. The molecule has 1 aliphatic rings. The molecule has 2 aromatic heterocycles. The van der Waals surface area contributed by atoms with E-state index in [0.29, 0.717) is 22.5 Å². The minimum Gasteiger partial charge on any atom is -0.485 e. The number of thioether (sulfide) groups is 1. The van der Waals surface area contributed by atoms with Crippen LogP contribution >= 0.6 is 11.8 Å². The predicted octanol–water partition coefficient (Wildman–Crippen LogP) is 0.671. The number of anilines is 1. The van der Waals surface area contributed by atoms with Gasteiger partial charge in [0.05, 0.1) is 5.25 Å². The zero-order valence-corrected chi connectivity index (χ0v) is 18.8. The molecular formula is C20H22N6O5S. The number of carbonyl (C=O) groups excluding carboxylic acids is 1. The molecule has 1 aliphatic heterocycles. The van der Waals surface area contributed by atoms with E-state index in [0.717, 1.165) is 20.9 Å². The van der Waals surface area contributed by atoms with Crippen LogP contribution in [-0.4, -0.2) is 41.5 Å². The molecule has 3 aromatic rings. The number of nitrogens with zero attached hydrogens (tertiary/aromatic N) is 5. The van der Waals surface area contributed by atoms with Crippen LogP contribution in [-0.2, 0) is 21.1 Å². The van der Waals surface area contributed by atoms with Crippen LogP contribution in [0.15, 0.2) is 39.0 Å². The van der Waals surface area contributed by atoms with Crippen molar-refractivity contribution in [1.82, 2.24) is 23.9 Å². The Bertz CT molecular complexity index is 1330. The molecule has 3 heterocycles. The molecule has 0 amide bonds. The Morgan fingerprint density at radius 3 is 2.53 bits per heavy atom. The number of para-hydroxylation sites is 2. The van der Waals surface area contributed by atoms with Crippen molar-refractivity contribution in [2.45, 2.75) is 23.4 Å². The molecule has 2 N–H and O–H groups in total. The standard InChI is InChI=1S/C20H22N6O5S/c1-10(15(27)14-16(21)24(2)20(29)26(4)18(14)28)32-19-23-22-17(25(19)3)13-9-30-11-7-5-6-8-12(11)31-13/h5-8,10,13H,9,21H2,1-4H3/t10-,13-/m1/s1. The summed E-state index contributed by atoms with van der Waals surface area (Å²) >= 11 is 1.13. The molecule has 168 valence electrons. The highest BCUT2D eigenvalue weighted by Crippen LogP contribution is 2.36. The molecule has 0 saturated heterocycles. The van der Waals surface area contributed by atoms with Crippen LogP contribution in [0.25, 0.3) is 0 Å². The Labute approximate surface area is 186 Å². The second-order valence-corrected chi connectivity index (χ2v) is 8.66. The number of aromatic nitrogens is 5. The third kappa shape index (κ3) is 3.55. The van der Waals surface area contributed by atoms with E-state index in [1.165, 1.54) is 14.1 Å². The number of benzene rings is 1. The van der Waals surface area contributed by atoms with Gasteiger partial charge in [-0.05, 0) is 19.1 Å². The van der Waals surface area contributed by atoms with Crippen molar-refractivity contribution in [3.63, 3.8) is 0 Å². The molecule has 0 spiro atoms. The van der Waals surface area contributed by atoms with Crippen molar-refractivity contribution in [3.05, 3.63) is 56.5 Å². The summed E-state index contributed by atoms with van der Waals surface area (Å²) in [5.41, 5.74) is 4.36. The minimum atomic E-state index is -0.729. The summed E-state index contributed by atoms with van der Waals surface area (Å²) in [6.45, 7) is 1.91. The van der Waals surface area contributed by atoms with E-state index in [4.69, 9.17) is 15.2 Å². The smallest absolute Gasteiger partial charge is 0.332 e. The fourth-order valence-corrected chi connectivity index (χ4v) is 4.24. The van der Waals surface area contributed by atoms with Crippen LogP contribution in [0.1, 0.15) is 29.2 Å². The molecule has 0 saturated carbocycles. The highest BCUT2D eigenvalue weighted by atomic mass is 32.2. The summed E-state index contributed by atoms with van der Waals surface area (Å²) in [5, 5.41) is 8.14. The maximum atomic E-state index is 13.0. The van der Waals surface area contributed by atoms with E-state index in [1.54, 1.807) is 18.5 Å². The summed E-state index contributed by atoms with van der Waals surface area (Å²) in [7, 11) is 4.47. The largest absolute Gasteiger partial charge is 0.485 e. The highest BCUT2D eigenvalue weighted by molar-refractivity contribution is 8.00. The van der Waals surface area contributed by atoms with Crippen LogP contribution in [0.3, 0.4) is 0 Å². The Kier molecular flexibility index (Phi) is 5.55. The normalized spacial score (nSPS) is 16.1. The average molecular weight is 459 g/mol. The van der Waals surface area contributed by atoms with Crippen molar-refractivity contribution in [3.8, 4) is 11.5 Å². The molecule has 1 aromatic carbocycles. The van der Waals surface area contributed by atoms with Gasteiger partial charge in [-0.3, -0.25) is 18.7 Å². The first-order valence-electron chi connectivity index (χ1n) is 9.74. The third-order valence-corrected chi connectivity index (χ3v) is 6.41. The number of fused-ring (bicyclic) bond motifs is 1. The van der Waals surface area contributed by atoms with Gasteiger partial charge < -0.3 is 19.8 Å². The van der Waals surface area contributed by atoms with Gasteiger partial charge in [0.15, 0.2) is 34.4 Å². The number of rotatable bonds is 5. The van der Waals surface area contributed by atoms with Crippen LogP contribution in [0.4, 0.5) is 5.82 Å². The fraction of sp³-hybridized carbons (Fsp3) is 0.350. The molecule has 0 radical (unpaired) electrons. The molecule has 0 aliphatic carbocycles. The lowest BCUT2D eigenvalue weighted by molar-refractivity contribution is 0.0825. The molecule has 4 rings (SSSR count). The number of nitrogen functional groups attached to an aromatic ring is 1. The van der Waals surface area contributed by atoms with Gasteiger partial charge in [-0.25, -0.2) is 4.79 Å². The van der Waals surface area contributed by atoms with E-state index in [9.17, 15) is 14.4 Å². The van der Waals surface area contributed by atoms with Gasteiger partial charge in [-0.15, -0.1) is 10.2 Å². The number of ether oxygens (including phenoxy) is 2. The SMILES string of the molecule is C[C@@H](Sc1nnc([C@H]2COc3ccccc3O2)n1C)C(=O)c1c(N)n(C)c(=O)n(C)c1=O. The summed E-state index contributed by atoms with van der Waals surface area (Å²) in [5.74, 6) is 1.15. The van der Waals surface area contributed by atoms with E-state index in [-0.39, 0.29) is 18.0 Å². The van der Waals surface area contributed by atoms with Crippen molar-refractivity contribution < 1.29 is 14.3 Å². The molecule has 2 atom stereocenters. The molecule has 11 nitrogen and oxygen atoms in total. The van der Waals surface area contributed by atoms with Crippen molar-refractivity contribution in [2.24, 2.45) is 21.1 Å². The maximum Gasteiger partial charge on any atom is 0.332 e. The zero-order chi connectivity index (χ0) is 23.2. The molecule has 32 heavy (non-hydrogen) atoms. The lowest BCUT2D eigenvalue weighted by Crippen LogP contribution is -2.42. The van der Waals surface area contributed by atoms with E-state index >= 15 is 0 Å². The minimum absolute atomic E-state index is 0.166. The Morgan fingerprint density at radius 1 is 1.12 bits per heavy atom. The van der Waals surface area contributed by atoms with Crippen molar-refractivity contribution >= 4 is 23.4 Å². The first-order chi connectivity index (χ1) is 15.2. The van der Waals surface area contributed by atoms with Gasteiger partial charge in [0.1, 0.15) is 18.0 Å². The van der Waals surface area contributed by atoms with E-state index in [2.05, 4.69) is 10.2 Å². The first-order valence-corrected chi connectivity index (χ1v) is 10.6. The summed E-state index contributed by atoms with van der Waals surface area (Å²) in [6.07, 6.45) is -0.464. The fourth-order valence-electron chi connectivity index (χ4n) is 3.36. The first kappa shape index (κ1) is 21.7. The molecule has 0 bridgehead atoms. The van der Waals surface area contributed by atoms with Gasteiger partial charge in [-0.2, -0.15) is 0 Å². The van der Waals surface area contributed by atoms with Crippen molar-refractivity contribution in [2.75, 3.05) is 12.3 Å². The maximum absolute atomic E-state index is 13.0. The molecule has 0 unspecified atom stereocenters. The molecular weight excluding hydrogens is 436 g/mol. The number of hydrogen-bond donors (Lipinski definition) is 1. The van der Waals surface area contributed by atoms with Gasteiger partial charge in [0.2, 0.25) is 0 Å². The monoisotopic (exact) mass is 458 g/mol. The van der Waals surface area contributed by atoms with Crippen LogP contribution in [0.2, 0.25) is 0 Å². The summed E-state index contributed by atoms with van der Waals surface area (Å²) in [6, 6.07) is 7.35. The lowest BCUT2D eigenvalue weighted by Gasteiger charge is -2.25.